The average molecular weight is 234 g/mol. The van der Waals surface area contributed by atoms with Crippen LogP contribution in [0.15, 0.2) is 36.4 Å². The van der Waals surface area contributed by atoms with Crippen LogP contribution in [0.3, 0.4) is 0 Å². The van der Waals surface area contributed by atoms with Gasteiger partial charge in [0.25, 0.3) is 0 Å². The minimum absolute atomic E-state index is 0.356. The first-order chi connectivity index (χ1) is 8.26. The first-order valence-corrected chi connectivity index (χ1v) is 5.38. The molecular formula is C13H14O4. The molecule has 17 heavy (non-hydrogen) atoms. The predicted octanol–water partition coefficient (Wildman–Crippen LogP) is 3.11. The van der Waals surface area contributed by atoms with Crippen LogP contribution in [0.4, 0.5) is 0 Å². The molecule has 0 amide bonds. The summed E-state index contributed by atoms with van der Waals surface area (Å²) in [5.74, 6) is 0.409. The number of rotatable bonds is 4. The van der Waals surface area contributed by atoms with Gasteiger partial charge in [0.1, 0.15) is 0 Å². The van der Waals surface area contributed by atoms with Crippen molar-refractivity contribution in [3.63, 3.8) is 0 Å². The average Bonchev–Trinajstić information content (AvgIpc) is 2.38. The molecular weight excluding hydrogens is 220 g/mol. The number of hydrogen-bond acceptors (Lipinski definition) is 4. The fraction of sp³-hybridized carbons (Fsp3) is 0.231. The molecule has 0 saturated carbocycles. The van der Waals surface area contributed by atoms with E-state index in [9.17, 15) is 0 Å². The summed E-state index contributed by atoms with van der Waals surface area (Å²) >= 11 is 0. The highest BCUT2D eigenvalue weighted by Crippen LogP contribution is 2.30. The maximum atomic E-state index is 9.00. The van der Waals surface area contributed by atoms with E-state index >= 15 is 0 Å². The predicted molar refractivity (Wildman–Crippen MR) is 64.1 cm³/mol. The van der Waals surface area contributed by atoms with Crippen molar-refractivity contribution in [3.05, 3.63) is 42.0 Å². The van der Waals surface area contributed by atoms with E-state index in [1.807, 2.05) is 36.4 Å². The van der Waals surface area contributed by atoms with Crippen molar-refractivity contribution < 1.29 is 20.3 Å². The highest BCUT2D eigenvalue weighted by atomic mass is 17.1. The Morgan fingerprint density at radius 3 is 2.59 bits per heavy atom. The maximum Gasteiger partial charge on any atom is 0.176 e. The smallest absolute Gasteiger partial charge is 0.176 e. The largest absolute Gasteiger partial charge is 0.339 e. The fourth-order valence-corrected chi connectivity index (χ4v) is 1.90. The molecule has 4 heteroatoms. The van der Waals surface area contributed by atoms with E-state index in [4.69, 9.17) is 10.5 Å². The van der Waals surface area contributed by atoms with Gasteiger partial charge in [-0.05, 0) is 12.3 Å². The molecule has 0 saturated heterocycles. The monoisotopic (exact) mass is 234 g/mol. The quantitative estimate of drug-likeness (QED) is 0.630. The molecule has 1 unspecified atom stereocenters. The summed E-state index contributed by atoms with van der Waals surface area (Å²) in [7, 11) is 0. The zero-order valence-electron chi connectivity index (χ0n) is 9.46. The lowest BCUT2D eigenvalue weighted by Crippen LogP contribution is -2.10. The van der Waals surface area contributed by atoms with Gasteiger partial charge in [0.05, 0.1) is 6.10 Å². The molecule has 2 aromatic carbocycles. The second-order valence-corrected chi connectivity index (χ2v) is 3.99. The van der Waals surface area contributed by atoms with E-state index in [0.717, 1.165) is 16.3 Å². The summed E-state index contributed by atoms with van der Waals surface area (Å²) in [5, 5.41) is 19.4. The van der Waals surface area contributed by atoms with Gasteiger partial charge in [0.15, 0.2) is 5.75 Å². The third kappa shape index (κ3) is 2.39. The first-order valence-electron chi connectivity index (χ1n) is 5.38. The van der Waals surface area contributed by atoms with Crippen LogP contribution in [0.2, 0.25) is 0 Å². The third-order valence-corrected chi connectivity index (χ3v) is 2.74. The van der Waals surface area contributed by atoms with Crippen molar-refractivity contribution in [2.75, 3.05) is 0 Å². The maximum absolute atomic E-state index is 9.00. The Bertz CT molecular complexity index is 510. The topological polar surface area (TPSA) is 58.9 Å². The molecule has 0 spiro atoms. The normalized spacial score (nSPS) is 12.6. The molecule has 4 nitrogen and oxygen atoms in total. The third-order valence-electron chi connectivity index (χ3n) is 2.74. The molecule has 2 rings (SSSR count). The Labute approximate surface area is 98.9 Å². The van der Waals surface area contributed by atoms with Crippen LogP contribution in [-0.4, -0.2) is 16.6 Å². The van der Waals surface area contributed by atoms with E-state index in [1.165, 1.54) is 0 Å². The standard InChI is InChI=1S/C13H14O4/c1-9(16-14)8-11-7-6-10-4-2-3-5-12(10)13(11)17-15/h2-7,9,14-15H,8H2,1H3. The van der Waals surface area contributed by atoms with Crippen molar-refractivity contribution >= 4 is 10.8 Å². The Kier molecular flexibility index (Phi) is 3.58. The zero-order valence-corrected chi connectivity index (χ0v) is 9.46. The molecule has 0 radical (unpaired) electrons. The van der Waals surface area contributed by atoms with Gasteiger partial charge < -0.3 is 4.89 Å². The van der Waals surface area contributed by atoms with Crippen LogP contribution in [0, 0.1) is 0 Å². The highest BCUT2D eigenvalue weighted by molar-refractivity contribution is 5.89. The molecule has 0 fully saturated rings. The van der Waals surface area contributed by atoms with Crippen LogP contribution in [0.5, 0.6) is 5.75 Å². The highest BCUT2D eigenvalue weighted by Gasteiger charge is 2.12. The Morgan fingerprint density at radius 2 is 1.88 bits per heavy atom. The van der Waals surface area contributed by atoms with E-state index < -0.39 is 0 Å². The molecule has 0 aliphatic carbocycles. The number of hydrogen-bond donors (Lipinski definition) is 2. The molecule has 90 valence electrons. The molecule has 0 aliphatic heterocycles. The van der Waals surface area contributed by atoms with E-state index in [1.54, 1.807) is 6.92 Å². The van der Waals surface area contributed by atoms with Crippen molar-refractivity contribution in [2.45, 2.75) is 19.4 Å². The van der Waals surface area contributed by atoms with Crippen molar-refractivity contribution in [1.82, 2.24) is 0 Å². The molecule has 0 heterocycles. The summed E-state index contributed by atoms with van der Waals surface area (Å²) in [6.07, 6.45) is 0.0992. The van der Waals surface area contributed by atoms with Crippen molar-refractivity contribution in [1.29, 1.82) is 0 Å². The summed E-state index contributed by atoms with van der Waals surface area (Å²) < 4.78 is 0. The molecule has 1 atom stereocenters. The van der Waals surface area contributed by atoms with Gasteiger partial charge in [0.2, 0.25) is 0 Å². The van der Waals surface area contributed by atoms with E-state index in [0.29, 0.717) is 12.2 Å². The number of benzene rings is 2. The van der Waals surface area contributed by atoms with Gasteiger partial charge in [-0.3, -0.25) is 5.26 Å². The van der Waals surface area contributed by atoms with Crippen molar-refractivity contribution in [3.8, 4) is 5.75 Å². The van der Waals surface area contributed by atoms with Crippen LogP contribution in [0.25, 0.3) is 10.8 Å². The second-order valence-electron chi connectivity index (χ2n) is 3.99. The van der Waals surface area contributed by atoms with Gasteiger partial charge in [-0.25, -0.2) is 10.1 Å². The van der Waals surface area contributed by atoms with Crippen LogP contribution in [-0.2, 0) is 11.3 Å². The van der Waals surface area contributed by atoms with Gasteiger partial charge >= 0.3 is 0 Å². The van der Waals surface area contributed by atoms with Crippen molar-refractivity contribution in [2.24, 2.45) is 0 Å². The molecule has 0 bridgehead atoms. The van der Waals surface area contributed by atoms with Gasteiger partial charge in [0, 0.05) is 17.4 Å². The van der Waals surface area contributed by atoms with Crippen LogP contribution < -0.4 is 4.89 Å². The van der Waals surface area contributed by atoms with Gasteiger partial charge in [-0.15, -0.1) is 0 Å². The van der Waals surface area contributed by atoms with Gasteiger partial charge in [-0.2, -0.15) is 0 Å². The van der Waals surface area contributed by atoms with E-state index in [-0.39, 0.29) is 6.10 Å². The molecule has 2 aromatic rings. The summed E-state index contributed by atoms with van der Waals surface area (Å²) in [6.45, 7) is 1.73. The molecule has 2 N–H and O–H groups in total. The van der Waals surface area contributed by atoms with Crippen LogP contribution in [0.1, 0.15) is 12.5 Å². The Balaban J connectivity index is 2.49. The summed E-state index contributed by atoms with van der Waals surface area (Å²) in [6, 6.07) is 11.4. The lowest BCUT2D eigenvalue weighted by atomic mass is 10.0. The Morgan fingerprint density at radius 1 is 1.12 bits per heavy atom. The van der Waals surface area contributed by atoms with Crippen LogP contribution >= 0.6 is 0 Å². The fourth-order valence-electron chi connectivity index (χ4n) is 1.90. The summed E-state index contributed by atoms with van der Waals surface area (Å²) in [4.78, 5) is 8.70. The lowest BCUT2D eigenvalue weighted by Gasteiger charge is -2.12. The molecule has 0 aliphatic rings. The number of fused-ring (bicyclic) bond motifs is 1. The first kappa shape index (κ1) is 11.9. The van der Waals surface area contributed by atoms with Gasteiger partial charge in [-0.1, -0.05) is 36.4 Å². The second kappa shape index (κ2) is 5.14. The summed E-state index contributed by atoms with van der Waals surface area (Å²) in [5.41, 5.74) is 0.785. The van der Waals surface area contributed by atoms with E-state index in [2.05, 4.69) is 9.78 Å². The lowest BCUT2D eigenvalue weighted by molar-refractivity contribution is -0.273. The molecule has 0 aromatic heterocycles. The zero-order chi connectivity index (χ0) is 12.3. The minimum atomic E-state index is -0.356. The SMILES string of the molecule is CC(Cc1ccc2ccccc2c1OO)OO. The minimum Gasteiger partial charge on any atom is -0.339 e. The Hall–Kier alpha value is -1.62.